The molecule has 1 amide bonds. The molecule has 3 rings (SSSR count). The van der Waals surface area contributed by atoms with Gasteiger partial charge in [0, 0.05) is 18.8 Å². The molecule has 2 heterocycles. The molecule has 0 radical (unpaired) electrons. The Morgan fingerprint density at radius 1 is 1.47 bits per heavy atom. The van der Waals surface area contributed by atoms with Crippen molar-refractivity contribution in [1.82, 2.24) is 0 Å². The average Bonchev–Trinajstić information content (AvgIpc) is 2.82. The van der Waals surface area contributed by atoms with Crippen LogP contribution < -0.4 is 16.0 Å². The monoisotopic (exact) mass is 231 g/mol. The first-order chi connectivity index (χ1) is 8.13. The number of anilines is 3. The van der Waals surface area contributed by atoms with E-state index in [1.54, 1.807) is 0 Å². The number of amides is 1. The third-order valence-corrected chi connectivity index (χ3v) is 3.64. The highest BCUT2D eigenvalue weighted by Gasteiger charge is 2.24. The van der Waals surface area contributed by atoms with E-state index in [0.717, 1.165) is 41.6 Å². The van der Waals surface area contributed by atoms with Crippen molar-refractivity contribution in [2.45, 2.75) is 19.8 Å². The maximum absolute atomic E-state index is 11.3. The molecule has 1 aromatic carbocycles. The topological polar surface area (TPSA) is 58.4 Å². The van der Waals surface area contributed by atoms with E-state index in [1.807, 2.05) is 12.1 Å². The van der Waals surface area contributed by atoms with Crippen LogP contribution in [0.2, 0.25) is 0 Å². The molecule has 1 unspecified atom stereocenters. The maximum atomic E-state index is 11.3. The first-order valence-corrected chi connectivity index (χ1v) is 6.10. The highest BCUT2D eigenvalue weighted by molar-refractivity contribution is 6.00. The molecule has 0 aromatic heterocycles. The first kappa shape index (κ1) is 10.4. The second-order valence-electron chi connectivity index (χ2n) is 5.13. The molecule has 1 atom stereocenters. The number of nitrogen functional groups attached to an aromatic ring is 1. The van der Waals surface area contributed by atoms with Crippen molar-refractivity contribution in [2.75, 3.05) is 29.0 Å². The lowest BCUT2D eigenvalue weighted by Crippen LogP contribution is -2.20. The lowest BCUT2D eigenvalue weighted by molar-refractivity contribution is -0.115. The van der Waals surface area contributed by atoms with Gasteiger partial charge < -0.3 is 16.0 Å². The van der Waals surface area contributed by atoms with Crippen molar-refractivity contribution in [3.63, 3.8) is 0 Å². The summed E-state index contributed by atoms with van der Waals surface area (Å²) in [7, 11) is 0. The summed E-state index contributed by atoms with van der Waals surface area (Å²) >= 11 is 0. The van der Waals surface area contributed by atoms with Crippen LogP contribution in [0.25, 0.3) is 0 Å². The number of benzene rings is 1. The van der Waals surface area contributed by atoms with Gasteiger partial charge in [-0.1, -0.05) is 6.92 Å². The van der Waals surface area contributed by atoms with Gasteiger partial charge in [-0.3, -0.25) is 4.79 Å². The smallest absolute Gasteiger partial charge is 0.228 e. The molecular weight excluding hydrogens is 214 g/mol. The quantitative estimate of drug-likeness (QED) is 0.722. The summed E-state index contributed by atoms with van der Waals surface area (Å²) in [6, 6.07) is 3.96. The minimum Gasteiger partial charge on any atom is -0.397 e. The fourth-order valence-corrected chi connectivity index (χ4v) is 2.71. The van der Waals surface area contributed by atoms with Gasteiger partial charge in [-0.15, -0.1) is 0 Å². The minimum absolute atomic E-state index is 0.0614. The number of nitrogens with zero attached hydrogens (tertiary/aromatic N) is 1. The van der Waals surface area contributed by atoms with Gasteiger partial charge in [-0.05, 0) is 30.0 Å². The Hall–Kier alpha value is -1.71. The van der Waals surface area contributed by atoms with Gasteiger partial charge in [0.25, 0.3) is 0 Å². The Balaban J connectivity index is 1.96. The Morgan fingerprint density at radius 2 is 2.29 bits per heavy atom. The van der Waals surface area contributed by atoms with Gasteiger partial charge in [0.1, 0.15) is 0 Å². The van der Waals surface area contributed by atoms with E-state index >= 15 is 0 Å². The Labute approximate surface area is 101 Å². The van der Waals surface area contributed by atoms with E-state index in [4.69, 9.17) is 5.73 Å². The summed E-state index contributed by atoms with van der Waals surface area (Å²) in [5.74, 6) is 0.781. The molecule has 0 aliphatic carbocycles. The lowest BCUT2D eigenvalue weighted by Gasteiger charge is -2.21. The van der Waals surface area contributed by atoms with E-state index < -0.39 is 0 Å². The number of hydrogen-bond donors (Lipinski definition) is 2. The fourth-order valence-electron chi connectivity index (χ4n) is 2.71. The van der Waals surface area contributed by atoms with Crippen LogP contribution in [0.15, 0.2) is 12.1 Å². The number of nitrogens with one attached hydrogen (secondary N) is 1. The SMILES string of the molecule is CC1CCN(c2cc3c(cc2N)CC(=O)N3)C1. The number of carbonyl (C=O) groups is 1. The van der Waals surface area contributed by atoms with Crippen LogP contribution in [-0.2, 0) is 11.2 Å². The van der Waals surface area contributed by atoms with Gasteiger partial charge in [-0.2, -0.15) is 0 Å². The van der Waals surface area contributed by atoms with Crippen molar-refractivity contribution in [2.24, 2.45) is 5.92 Å². The molecule has 0 saturated carbocycles. The molecule has 17 heavy (non-hydrogen) atoms. The number of nitrogens with two attached hydrogens (primary N) is 1. The third kappa shape index (κ3) is 1.73. The summed E-state index contributed by atoms with van der Waals surface area (Å²) < 4.78 is 0. The number of fused-ring (bicyclic) bond motifs is 1. The first-order valence-electron chi connectivity index (χ1n) is 6.10. The number of hydrogen-bond acceptors (Lipinski definition) is 3. The van der Waals surface area contributed by atoms with E-state index in [1.165, 1.54) is 6.42 Å². The molecule has 1 saturated heterocycles. The van der Waals surface area contributed by atoms with Crippen LogP contribution in [0, 0.1) is 5.92 Å². The molecule has 2 aliphatic heterocycles. The van der Waals surface area contributed by atoms with Crippen molar-refractivity contribution in [3.8, 4) is 0 Å². The van der Waals surface area contributed by atoms with E-state index in [2.05, 4.69) is 17.1 Å². The Bertz CT molecular complexity index is 484. The van der Waals surface area contributed by atoms with Crippen LogP contribution in [0.5, 0.6) is 0 Å². The van der Waals surface area contributed by atoms with E-state index in [0.29, 0.717) is 6.42 Å². The van der Waals surface area contributed by atoms with Gasteiger partial charge >= 0.3 is 0 Å². The van der Waals surface area contributed by atoms with Gasteiger partial charge in [-0.25, -0.2) is 0 Å². The van der Waals surface area contributed by atoms with Gasteiger partial charge in [0.15, 0.2) is 0 Å². The van der Waals surface area contributed by atoms with Crippen LogP contribution >= 0.6 is 0 Å². The van der Waals surface area contributed by atoms with Crippen molar-refractivity contribution in [1.29, 1.82) is 0 Å². The molecule has 0 bridgehead atoms. The predicted octanol–water partition coefficient (Wildman–Crippen LogP) is 1.61. The molecule has 2 aliphatic rings. The molecule has 4 nitrogen and oxygen atoms in total. The van der Waals surface area contributed by atoms with E-state index in [-0.39, 0.29) is 5.91 Å². The summed E-state index contributed by atoms with van der Waals surface area (Å²) in [6.07, 6.45) is 1.67. The van der Waals surface area contributed by atoms with Crippen LogP contribution in [-0.4, -0.2) is 19.0 Å². The van der Waals surface area contributed by atoms with Gasteiger partial charge in [0.2, 0.25) is 5.91 Å². The zero-order valence-electron chi connectivity index (χ0n) is 9.99. The van der Waals surface area contributed by atoms with Gasteiger partial charge in [0.05, 0.1) is 17.8 Å². The Kier molecular flexibility index (Phi) is 2.24. The molecule has 1 aromatic rings. The Morgan fingerprint density at radius 3 is 3.00 bits per heavy atom. The highest BCUT2D eigenvalue weighted by atomic mass is 16.1. The number of carbonyl (C=O) groups excluding carboxylic acids is 1. The minimum atomic E-state index is 0.0614. The summed E-state index contributed by atoms with van der Waals surface area (Å²) in [6.45, 7) is 4.36. The van der Waals surface area contributed by atoms with Crippen LogP contribution in [0.1, 0.15) is 18.9 Å². The predicted molar refractivity (Wildman–Crippen MR) is 69.2 cm³/mol. The molecule has 3 N–H and O–H groups in total. The summed E-state index contributed by atoms with van der Waals surface area (Å²) in [5.41, 5.74) is 9.88. The van der Waals surface area contributed by atoms with Crippen molar-refractivity contribution in [3.05, 3.63) is 17.7 Å². The molecule has 90 valence electrons. The van der Waals surface area contributed by atoms with Crippen LogP contribution in [0.3, 0.4) is 0 Å². The van der Waals surface area contributed by atoms with Crippen molar-refractivity contribution < 1.29 is 4.79 Å². The molecule has 1 fully saturated rings. The fraction of sp³-hybridized carbons (Fsp3) is 0.462. The second kappa shape index (κ2) is 3.65. The summed E-state index contributed by atoms with van der Waals surface area (Å²) in [5, 5.41) is 2.88. The largest absolute Gasteiger partial charge is 0.397 e. The molecule has 4 heteroatoms. The average molecular weight is 231 g/mol. The lowest BCUT2D eigenvalue weighted by atomic mass is 10.1. The zero-order chi connectivity index (χ0) is 12.0. The maximum Gasteiger partial charge on any atom is 0.228 e. The zero-order valence-corrected chi connectivity index (χ0v) is 9.99. The standard InChI is InChI=1S/C13H17N3O/c1-8-2-3-16(7-8)12-6-11-9(4-10(12)14)5-13(17)15-11/h4,6,8H,2-3,5,7,14H2,1H3,(H,15,17). The molecule has 0 spiro atoms. The van der Waals surface area contributed by atoms with E-state index in [9.17, 15) is 4.79 Å². The van der Waals surface area contributed by atoms with Crippen molar-refractivity contribution >= 4 is 23.0 Å². The van der Waals surface area contributed by atoms with Crippen LogP contribution in [0.4, 0.5) is 17.1 Å². The third-order valence-electron chi connectivity index (χ3n) is 3.64. The highest BCUT2D eigenvalue weighted by Crippen LogP contribution is 2.35. The second-order valence-corrected chi connectivity index (χ2v) is 5.13. The normalized spacial score (nSPS) is 22.8. The summed E-state index contributed by atoms with van der Waals surface area (Å²) in [4.78, 5) is 13.6. The number of rotatable bonds is 1. The molecular formula is C13H17N3O.